The largest absolute Gasteiger partial charge is 0.382 e. The summed E-state index contributed by atoms with van der Waals surface area (Å²) in [6.45, 7) is 0. The molecule has 0 amide bonds. The van der Waals surface area contributed by atoms with Crippen LogP contribution in [0.5, 0.6) is 0 Å². The minimum atomic E-state index is -0.650. The Hall–Kier alpha value is -9.05. The molecule has 0 spiro atoms. The number of anilines is 1. The third-order valence-electron chi connectivity index (χ3n) is 7.67. The van der Waals surface area contributed by atoms with Crippen molar-refractivity contribution in [2.24, 2.45) is 28.2 Å². The van der Waals surface area contributed by atoms with E-state index in [4.69, 9.17) is 5.73 Å². The molecule has 10 aromatic heterocycles. The number of fused-ring (bicyclic) bond motifs is 5. The van der Waals surface area contributed by atoms with Crippen molar-refractivity contribution < 1.29 is 0 Å². The molecule has 0 saturated carbocycles. The van der Waals surface area contributed by atoms with Crippen LogP contribution in [-0.4, -0.2) is 98.0 Å². The lowest BCUT2D eigenvalue weighted by molar-refractivity contribution is 0.919. The van der Waals surface area contributed by atoms with Crippen LogP contribution in [0.25, 0.3) is 55.8 Å². The number of imidazole rings is 5. The molecule has 0 unspecified atom stereocenters. The molecule has 0 aromatic carbocycles. The molecule has 10 aromatic rings. The molecule has 0 radical (unpaired) electrons. The summed E-state index contributed by atoms with van der Waals surface area (Å²) in [5, 5.41) is 0. The number of aromatic nitrogens is 20. The van der Waals surface area contributed by atoms with Gasteiger partial charge >= 0.3 is 22.8 Å². The summed E-state index contributed by atoms with van der Waals surface area (Å²) in [5.74, 6) is 0.426. The van der Waals surface area contributed by atoms with E-state index in [0.29, 0.717) is 33.8 Å². The minimum absolute atomic E-state index is 0.0413. The summed E-state index contributed by atoms with van der Waals surface area (Å²) in [6, 6.07) is 0. The highest BCUT2D eigenvalue weighted by molar-refractivity contribution is 5.81. The molecular formula is C29H29N21O8. The number of rotatable bonds is 0. The molecule has 58 heavy (non-hydrogen) atoms. The highest BCUT2D eigenvalue weighted by Gasteiger charge is 2.07. The lowest BCUT2D eigenvalue weighted by Gasteiger charge is -1.92. The smallest absolute Gasteiger partial charge is 0.327 e. The van der Waals surface area contributed by atoms with E-state index >= 15 is 0 Å². The molecule has 298 valence electrons. The second-order valence-electron chi connectivity index (χ2n) is 11.7. The van der Waals surface area contributed by atoms with E-state index < -0.39 is 39.4 Å². The zero-order chi connectivity index (χ0) is 41.8. The Kier molecular flexibility index (Phi) is 10.5. The van der Waals surface area contributed by atoms with E-state index in [1.807, 2.05) is 12.0 Å². The maximum atomic E-state index is 11.1. The van der Waals surface area contributed by atoms with E-state index in [2.05, 4.69) is 74.8 Å². The van der Waals surface area contributed by atoms with Crippen LogP contribution in [0.2, 0.25) is 0 Å². The van der Waals surface area contributed by atoms with Gasteiger partial charge in [0.25, 0.3) is 22.2 Å². The van der Waals surface area contributed by atoms with Gasteiger partial charge in [-0.05, 0) is 0 Å². The number of hydrogen-bond acceptors (Lipinski definition) is 16. The van der Waals surface area contributed by atoms with E-state index in [1.165, 1.54) is 25.3 Å². The lowest BCUT2D eigenvalue weighted by Crippen LogP contribution is -2.22. The van der Waals surface area contributed by atoms with E-state index in [1.54, 1.807) is 52.1 Å². The van der Waals surface area contributed by atoms with Crippen molar-refractivity contribution in [2.75, 3.05) is 5.73 Å². The van der Waals surface area contributed by atoms with Crippen LogP contribution in [0.15, 0.2) is 76.3 Å². The lowest BCUT2D eigenvalue weighted by atomic mass is 10.5. The van der Waals surface area contributed by atoms with Gasteiger partial charge in [0.2, 0.25) is 0 Å². The van der Waals surface area contributed by atoms with Crippen LogP contribution >= 0.6 is 0 Å². The fourth-order valence-corrected chi connectivity index (χ4v) is 4.97. The standard InChI is InChI=1S/C6H7N5.2C6H6N4O2.C6H6N4O.C5H4N4O3/c1-11-3-10-4-5(7)8-2-9-6(4)11;2*1-10-2-7-3-4(10)8-6(12)9-5(3)11;1-10-3-9-4-5(10)7-2-8-6(4)11;10-3-1-2(7-4(11)6-1)8-5(12)9-3/h2-3H,1H3,(H2,7,8,9);2*2H,1H3,(H2,8,9,11,12);2-3H,1H3,(H,7,8,11);(H4,6,7,8,9,10,11,12). The molecule has 0 atom stereocenters. The first-order chi connectivity index (χ1) is 27.6. The monoisotopic (exact) mass is 799 g/mol. The molecular weight excluding hydrogens is 770 g/mol. The normalized spacial score (nSPS) is 10.7. The van der Waals surface area contributed by atoms with E-state index in [9.17, 15) is 38.4 Å². The molecule has 11 N–H and O–H groups in total. The SMILES string of the molecule is Cn1cnc2c(=O)[nH]c(=O)[nH]c21.Cn1cnc2c(=O)[nH]c(=O)[nH]c21.Cn1cnc2c(=O)[nH]cnc21.Cn1cnc2c(N)ncnc21.O=c1[nH]c(=O)c2[nH]c(=O)[nH]c2[nH]1. The summed E-state index contributed by atoms with van der Waals surface area (Å²) in [4.78, 5) is 135. The fourth-order valence-electron chi connectivity index (χ4n) is 4.97. The molecule has 0 aliphatic carbocycles. The van der Waals surface area contributed by atoms with Gasteiger partial charge in [-0.1, -0.05) is 0 Å². The predicted octanol–water partition coefficient (Wildman–Crippen LogP) is -4.27. The summed E-state index contributed by atoms with van der Waals surface area (Å²) in [7, 11) is 7.05. The van der Waals surface area contributed by atoms with Crippen LogP contribution in [0.3, 0.4) is 0 Å². The topological polar surface area (TPSA) is 415 Å². The Balaban J connectivity index is 0.000000122. The molecule has 0 bridgehead atoms. The predicted molar refractivity (Wildman–Crippen MR) is 204 cm³/mol. The van der Waals surface area contributed by atoms with Gasteiger partial charge in [0.1, 0.15) is 34.3 Å². The highest BCUT2D eigenvalue weighted by atomic mass is 16.2. The Morgan fingerprint density at radius 3 is 1.43 bits per heavy atom. The number of nitrogens with zero attached hydrogens (tertiary/aromatic N) is 11. The first kappa shape index (κ1) is 38.7. The Bertz CT molecular complexity index is 3470. The van der Waals surface area contributed by atoms with Gasteiger partial charge in [0.15, 0.2) is 33.7 Å². The fraction of sp³-hybridized carbons (Fsp3) is 0.138. The van der Waals surface area contributed by atoms with Crippen LogP contribution in [-0.2, 0) is 28.2 Å². The molecule has 0 aliphatic heterocycles. The third kappa shape index (κ3) is 8.05. The van der Waals surface area contributed by atoms with Crippen molar-refractivity contribution in [2.45, 2.75) is 0 Å². The molecule has 29 nitrogen and oxygen atoms in total. The zero-order valence-electron chi connectivity index (χ0n) is 30.2. The maximum Gasteiger partial charge on any atom is 0.327 e. The molecule has 0 aliphatic rings. The summed E-state index contributed by atoms with van der Waals surface area (Å²) in [6.07, 6.45) is 8.96. The Labute approximate surface area is 314 Å². The summed E-state index contributed by atoms with van der Waals surface area (Å²) in [5.41, 5.74) is 5.51. The van der Waals surface area contributed by atoms with Gasteiger partial charge in [0, 0.05) is 28.2 Å². The van der Waals surface area contributed by atoms with E-state index in [0.717, 1.165) is 5.65 Å². The van der Waals surface area contributed by atoms with Crippen molar-refractivity contribution in [3.8, 4) is 0 Å². The number of nitrogens with one attached hydrogen (secondary N) is 9. The molecule has 0 fully saturated rings. The van der Waals surface area contributed by atoms with Gasteiger partial charge in [-0.3, -0.25) is 59.0 Å². The second kappa shape index (κ2) is 15.7. The van der Waals surface area contributed by atoms with Crippen molar-refractivity contribution in [1.29, 1.82) is 0 Å². The van der Waals surface area contributed by atoms with Crippen LogP contribution in [0, 0.1) is 0 Å². The van der Waals surface area contributed by atoms with Gasteiger partial charge < -0.3 is 29.0 Å². The second-order valence-corrected chi connectivity index (χ2v) is 11.7. The average Bonchev–Trinajstić information content (AvgIpc) is 4.00. The maximum absolute atomic E-state index is 11.1. The van der Waals surface area contributed by atoms with Crippen molar-refractivity contribution in [3.63, 3.8) is 0 Å². The van der Waals surface area contributed by atoms with Crippen LogP contribution in [0.1, 0.15) is 0 Å². The highest BCUT2D eigenvalue weighted by Crippen LogP contribution is 2.12. The van der Waals surface area contributed by atoms with Gasteiger partial charge in [-0.25, -0.2) is 54.1 Å². The number of hydrogen-bond donors (Lipinski definition) is 10. The number of aryl methyl sites for hydroxylation is 4. The van der Waals surface area contributed by atoms with Gasteiger partial charge in [-0.15, -0.1) is 0 Å². The van der Waals surface area contributed by atoms with Crippen LogP contribution < -0.4 is 50.7 Å². The van der Waals surface area contributed by atoms with Gasteiger partial charge in [0.05, 0.1) is 31.6 Å². The van der Waals surface area contributed by atoms with Crippen molar-refractivity contribution >= 4 is 61.6 Å². The van der Waals surface area contributed by atoms with Gasteiger partial charge in [-0.2, -0.15) is 0 Å². The first-order valence-electron chi connectivity index (χ1n) is 16.0. The molecule has 10 heterocycles. The van der Waals surface area contributed by atoms with E-state index in [-0.39, 0.29) is 27.8 Å². The van der Waals surface area contributed by atoms with Crippen molar-refractivity contribution in [3.05, 3.63) is 121 Å². The zero-order valence-corrected chi connectivity index (χ0v) is 30.2. The third-order valence-corrected chi connectivity index (χ3v) is 7.67. The quantitative estimate of drug-likeness (QED) is 0.0694. The van der Waals surface area contributed by atoms with Crippen LogP contribution in [0.4, 0.5) is 5.82 Å². The Morgan fingerprint density at radius 2 is 0.897 bits per heavy atom. The average molecular weight is 800 g/mol. The molecule has 0 saturated heterocycles. The first-order valence-corrected chi connectivity index (χ1v) is 16.0. The summed E-state index contributed by atoms with van der Waals surface area (Å²) < 4.78 is 6.65. The number of H-pyrrole nitrogens is 9. The minimum Gasteiger partial charge on any atom is -0.382 e. The van der Waals surface area contributed by atoms with Crippen molar-refractivity contribution in [1.82, 2.24) is 98.0 Å². The number of aromatic amines is 9. The Morgan fingerprint density at radius 1 is 0.448 bits per heavy atom. The number of nitrogens with two attached hydrogens (primary N) is 1. The number of nitrogen functional groups attached to an aromatic ring is 1. The molecule has 10 rings (SSSR count). The molecule has 29 heteroatoms. The summed E-state index contributed by atoms with van der Waals surface area (Å²) >= 11 is 0.